The van der Waals surface area contributed by atoms with Crippen molar-refractivity contribution in [2.75, 3.05) is 13.2 Å². The molecular formula is C11H16O2. The SMILES string of the molecule is O=C(C1CCOC1)C1CC2CC2C1. The van der Waals surface area contributed by atoms with Gasteiger partial charge < -0.3 is 4.74 Å². The topological polar surface area (TPSA) is 26.3 Å². The van der Waals surface area contributed by atoms with Gasteiger partial charge in [-0.05, 0) is 37.5 Å². The second-order valence-electron chi connectivity index (χ2n) is 4.89. The fraction of sp³-hybridized carbons (Fsp3) is 0.909. The van der Waals surface area contributed by atoms with Gasteiger partial charge in [0.25, 0.3) is 0 Å². The first kappa shape index (κ1) is 7.98. The Labute approximate surface area is 78.6 Å². The molecule has 72 valence electrons. The lowest BCUT2D eigenvalue weighted by Gasteiger charge is -2.14. The summed E-state index contributed by atoms with van der Waals surface area (Å²) in [6, 6.07) is 0. The number of carbonyl (C=O) groups is 1. The van der Waals surface area contributed by atoms with Crippen LogP contribution in [0.5, 0.6) is 0 Å². The van der Waals surface area contributed by atoms with Crippen LogP contribution in [0.25, 0.3) is 0 Å². The van der Waals surface area contributed by atoms with E-state index in [1.807, 2.05) is 0 Å². The highest BCUT2D eigenvalue weighted by atomic mass is 16.5. The molecule has 3 fully saturated rings. The van der Waals surface area contributed by atoms with E-state index in [0.29, 0.717) is 18.3 Å². The molecule has 13 heavy (non-hydrogen) atoms. The van der Waals surface area contributed by atoms with Gasteiger partial charge in [0.15, 0.2) is 0 Å². The molecule has 0 spiro atoms. The predicted molar refractivity (Wildman–Crippen MR) is 48.3 cm³/mol. The monoisotopic (exact) mass is 180 g/mol. The van der Waals surface area contributed by atoms with Crippen LogP contribution in [-0.2, 0) is 9.53 Å². The summed E-state index contributed by atoms with van der Waals surface area (Å²) in [4.78, 5) is 11.9. The van der Waals surface area contributed by atoms with E-state index in [9.17, 15) is 4.79 Å². The number of carbonyl (C=O) groups excluding carboxylic acids is 1. The molecule has 3 unspecified atom stereocenters. The minimum absolute atomic E-state index is 0.252. The molecule has 1 heterocycles. The van der Waals surface area contributed by atoms with Gasteiger partial charge in [-0.15, -0.1) is 0 Å². The van der Waals surface area contributed by atoms with Crippen molar-refractivity contribution in [2.45, 2.75) is 25.7 Å². The molecule has 3 atom stereocenters. The Morgan fingerprint density at radius 3 is 2.46 bits per heavy atom. The van der Waals surface area contributed by atoms with Gasteiger partial charge in [0, 0.05) is 18.4 Å². The summed E-state index contributed by atoms with van der Waals surface area (Å²) in [5.74, 6) is 3.04. The smallest absolute Gasteiger partial charge is 0.141 e. The highest BCUT2D eigenvalue weighted by Gasteiger charge is 2.49. The summed E-state index contributed by atoms with van der Waals surface area (Å²) < 4.78 is 5.26. The summed E-state index contributed by atoms with van der Waals surface area (Å²) in [6.45, 7) is 1.50. The zero-order valence-corrected chi connectivity index (χ0v) is 7.87. The molecule has 1 saturated heterocycles. The van der Waals surface area contributed by atoms with Gasteiger partial charge in [-0.3, -0.25) is 4.79 Å². The Morgan fingerprint density at radius 2 is 1.85 bits per heavy atom. The van der Waals surface area contributed by atoms with Crippen molar-refractivity contribution < 1.29 is 9.53 Å². The van der Waals surface area contributed by atoms with E-state index in [0.717, 1.165) is 24.9 Å². The van der Waals surface area contributed by atoms with Gasteiger partial charge >= 0.3 is 0 Å². The Kier molecular flexibility index (Phi) is 1.72. The highest BCUT2D eigenvalue weighted by Crippen LogP contribution is 2.55. The van der Waals surface area contributed by atoms with Crippen molar-refractivity contribution in [1.29, 1.82) is 0 Å². The molecule has 0 N–H and O–H groups in total. The molecular weight excluding hydrogens is 164 g/mol. The quantitative estimate of drug-likeness (QED) is 0.645. The number of ether oxygens (including phenoxy) is 1. The van der Waals surface area contributed by atoms with E-state index in [-0.39, 0.29) is 5.92 Å². The molecule has 2 saturated carbocycles. The fourth-order valence-corrected chi connectivity index (χ4v) is 3.04. The van der Waals surface area contributed by atoms with E-state index in [2.05, 4.69) is 0 Å². The van der Waals surface area contributed by atoms with Crippen LogP contribution in [0.4, 0.5) is 0 Å². The van der Waals surface area contributed by atoms with Crippen molar-refractivity contribution in [2.24, 2.45) is 23.7 Å². The molecule has 0 aromatic rings. The Bertz CT molecular complexity index is 220. The minimum atomic E-state index is 0.252. The van der Waals surface area contributed by atoms with Gasteiger partial charge in [0.05, 0.1) is 6.61 Å². The van der Waals surface area contributed by atoms with Crippen molar-refractivity contribution in [3.05, 3.63) is 0 Å². The Hall–Kier alpha value is -0.370. The van der Waals surface area contributed by atoms with Gasteiger partial charge in [0.2, 0.25) is 0 Å². The first-order chi connectivity index (χ1) is 6.34. The van der Waals surface area contributed by atoms with Crippen molar-refractivity contribution >= 4 is 5.78 Å². The molecule has 2 nitrogen and oxygen atoms in total. The maximum absolute atomic E-state index is 11.9. The first-order valence-electron chi connectivity index (χ1n) is 5.46. The van der Waals surface area contributed by atoms with E-state index in [1.54, 1.807) is 0 Å². The molecule has 3 aliphatic rings. The van der Waals surface area contributed by atoms with E-state index < -0.39 is 0 Å². The molecule has 0 aromatic carbocycles. The zero-order chi connectivity index (χ0) is 8.84. The van der Waals surface area contributed by atoms with Crippen LogP contribution in [0, 0.1) is 23.7 Å². The lowest BCUT2D eigenvalue weighted by Crippen LogP contribution is -2.22. The van der Waals surface area contributed by atoms with Crippen LogP contribution < -0.4 is 0 Å². The number of Topliss-reactive ketones (excluding diaryl/α,β-unsaturated/α-hetero) is 1. The van der Waals surface area contributed by atoms with Crippen LogP contribution in [0.2, 0.25) is 0 Å². The summed E-state index contributed by atoms with van der Waals surface area (Å²) in [5, 5.41) is 0. The molecule has 0 radical (unpaired) electrons. The van der Waals surface area contributed by atoms with Crippen LogP contribution in [-0.4, -0.2) is 19.0 Å². The van der Waals surface area contributed by atoms with E-state index in [1.165, 1.54) is 19.3 Å². The standard InChI is InChI=1S/C11H16O2/c12-11(7-1-2-13-6-7)10-4-8-3-9(8)5-10/h7-10H,1-6H2. The summed E-state index contributed by atoms with van der Waals surface area (Å²) in [6.07, 6.45) is 4.77. The first-order valence-corrected chi connectivity index (χ1v) is 5.46. The van der Waals surface area contributed by atoms with Gasteiger partial charge in [-0.2, -0.15) is 0 Å². The summed E-state index contributed by atoms with van der Waals surface area (Å²) in [5.41, 5.74) is 0. The normalized spacial score (nSPS) is 47.7. The maximum atomic E-state index is 11.9. The van der Waals surface area contributed by atoms with Crippen LogP contribution in [0.3, 0.4) is 0 Å². The van der Waals surface area contributed by atoms with Crippen LogP contribution >= 0.6 is 0 Å². The number of fused-ring (bicyclic) bond motifs is 1. The van der Waals surface area contributed by atoms with E-state index >= 15 is 0 Å². The number of rotatable bonds is 2. The number of hydrogen-bond acceptors (Lipinski definition) is 2. The number of ketones is 1. The lowest BCUT2D eigenvalue weighted by atomic mass is 9.89. The predicted octanol–water partition coefficient (Wildman–Crippen LogP) is 1.64. The molecule has 3 rings (SSSR count). The largest absolute Gasteiger partial charge is 0.381 e. The lowest BCUT2D eigenvalue weighted by molar-refractivity contribution is -0.126. The van der Waals surface area contributed by atoms with Crippen LogP contribution in [0.15, 0.2) is 0 Å². The third-order valence-corrected chi connectivity index (χ3v) is 3.98. The average molecular weight is 180 g/mol. The van der Waals surface area contributed by atoms with Crippen molar-refractivity contribution in [1.82, 2.24) is 0 Å². The fourth-order valence-electron chi connectivity index (χ4n) is 3.04. The third-order valence-electron chi connectivity index (χ3n) is 3.98. The van der Waals surface area contributed by atoms with Gasteiger partial charge in [0.1, 0.15) is 5.78 Å². The number of hydrogen-bond donors (Lipinski definition) is 0. The zero-order valence-electron chi connectivity index (χ0n) is 7.87. The second kappa shape index (κ2) is 2.81. The Morgan fingerprint density at radius 1 is 1.08 bits per heavy atom. The highest BCUT2D eigenvalue weighted by molar-refractivity contribution is 5.84. The second-order valence-corrected chi connectivity index (χ2v) is 4.89. The molecule has 0 aromatic heterocycles. The summed E-state index contributed by atoms with van der Waals surface area (Å²) in [7, 11) is 0. The minimum Gasteiger partial charge on any atom is -0.381 e. The van der Waals surface area contributed by atoms with Gasteiger partial charge in [-0.25, -0.2) is 0 Å². The average Bonchev–Trinajstić information content (AvgIpc) is 2.63. The molecule has 2 heteroatoms. The summed E-state index contributed by atoms with van der Waals surface area (Å²) >= 11 is 0. The van der Waals surface area contributed by atoms with Crippen molar-refractivity contribution in [3.63, 3.8) is 0 Å². The van der Waals surface area contributed by atoms with Crippen LogP contribution in [0.1, 0.15) is 25.7 Å². The maximum Gasteiger partial charge on any atom is 0.141 e. The Balaban J connectivity index is 1.61. The molecule has 0 bridgehead atoms. The molecule has 2 aliphatic carbocycles. The molecule has 1 aliphatic heterocycles. The van der Waals surface area contributed by atoms with Gasteiger partial charge in [-0.1, -0.05) is 0 Å². The van der Waals surface area contributed by atoms with E-state index in [4.69, 9.17) is 4.74 Å². The third kappa shape index (κ3) is 1.32. The van der Waals surface area contributed by atoms with Crippen molar-refractivity contribution in [3.8, 4) is 0 Å². The molecule has 0 amide bonds.